The molecule has 0 radical (unpaired) electrons. The number of carbonyl (C=O) groups is 3. The van der Waals surface area contributed by atoms with Gasteiger partial charge in [-0.05, 0) is 39.5 Å². The fourth-order valence-corrected chi connectivity index (χ4v) is 2.83. The molecule has 1 aliphatic carbocycles. The highest BCUT2D eigenvalue weighted by Crippen LogP contribution is 2.38. The van der Waals surface area contributed by atoms with Gasteiger partial charge in [-0.15, -0.1) is 0 Å². The SMILES string of the molecule is CCC1CC(C(=O)O)C(C(=O)NCCNC(=O)OC(C)(C)C)C1. The van der Waals surface area contributed by atoms with Crippen LogP contribution in [0.4, 0.5) is 4.79 Å². The summed E-state index contributed by atoms with van der Waals surface area (Å²) in [6.45, 7) is 7.80. The highest BCUT2D eigenvalue weighted by atomic mass is 16.6. The van der Waals surface area contributed by atoms with Gasteiger partial charge in [0, 0.05) is 13.1 Å². The van der Waals surface area contributed by atoms with E-state index in [4.69, 9.17) is 4.74 Å². The minimum absolute atomic E-state index is 0.238. The van der Waals surface area contributed by atoms with E-state index in [0.717, 1.165) is 6.42 Å². The summed E-state index contributed by atoms with van der Waals surface area (Å²) >= 11 is 0. The fraction of sp³-hybridized carbons (Fsp3) is 0.812. The van der Waals surface area contributed by atoms with Gasteiger partial charge in [-0.1, -0.05) is 13.3 Å². The zero-order valence-corrected chi connectivity index (χ0v) is 14.3. The molecule has 3 atom stereocenters. The van der Waals surface area contributed by atoms with E-state index in [9.17, 15) is 19.5 Å². The Morgan fingerprint density at radius 3 is 2.17 bits per heavy atom. The minimum atomic E-state index is -0.909. The molecule has 0 aromatic carbocycles. The normalized spacial score (nSPS) is 24.1. The second-order valence-corrected chi connectivity index (χ2v) is 7.02. The van der Waals surface area contributed by atoms with Crippen LogP contribution in [-0.2, 0) is 14.3 Å². The Hall–Kier alpha value is -1.79. The summed E-state index contributed by atoms with van der Waals surface area (Å²) in [4.78, 5) is 34.9. The average molecular weight is 328 g/mol. The van der Waals surface area contributed by atoms with Crippen LogP contribution in [0.15, 0.2) is 0 Å². The van der Waals surface area contributed by atoms with Crippen molar-refractivity contribution < 1.29 is 24.2 Å². The van der Waals surface area contributed by atoms with Gasteiger partial charge in [0.05, 0.1) is 11.8 Å². The largest absolute Gasteiger partial charge is 0.481 e. The summed E-state index contributed by atoms with van der Waals surface area (Å²) in [6.07, 6.45) is 1.51. The number of nitrogens with one attached hydrogen (secondary N) is 2. The van der Waals surface area contributed by atoms with Crippen molar-refractivity contribution in [1.29, 1.82) is 0 Å². The molecular weight excluding hydrogens is 300 g/mol. The highest BCUT2D eigenvalue weighted by molar-refractivity contribution is 5.85. The first kappa shape index (κ1) is 19.3. The molecule has 23 heavy (non-hydrogen) atoms. The molecule has 2 amide bonds. The Kier molecular flexibility index (Phi) is 6.84. The number of ether oxygens (including phenoxy) is 1. The van der Waals surface area contributed by atoms with Crippen LogP contribution in [0.25, 0.3) is 0 Å². The Morgan fingerprint density at radius 2 is 1.65 bits per heavy atom. The second-order valence-electron chi connectivity index (χ2n) is 7.02. The van der Waals surface area contributed by atoms with E-state index < -0.39 is 29.5 Å². The van der Waals surface area contributed by atoms with E-state index in [1.807, 2.05) is 6.92 Å². The molecule has 7 nitrogen and oxygen atoms in total. The van der Waals surface area contributed by atoms with E-state index in [0.29, 0.717) is 12.8 Å². The van der Waals surface area contributed by atoms with E-state index in [1.165, 1.54) is 0 Å². The summed E-state index contributed by atoms with van der Waals surface area (Å²) < 4.78 is 5.08. The van der Waals surface area contributed by atoms with Crippen LogP contribution >= 0.6 is 0 Å². The Labute approximate surface area is 137 Å². The van der Waals surface area contributed by atoms with Gasteiger partial charge in [-0.25, -0.2) is 4.79 Å². The zero-order chi connectivity index (χ0) is 17.6. The second kappa shape index (κ2) is 8.17. The first-order valence-corrected chi connectivity index (χ1v) is 8.11. The van der Waals surface area contributed by atoms with Crippen molar-refractivity contribution in [3.63, 3.8) is 0 Å². The summed E-state index contributed by atoms with van der Waals surface area (Å²) in [5.74, 6) is -1.98. The van der Waals surface area contributed by atoms with Crippen LogP contribution in [0.3, 0.4) is 0 Å². The van der Waals surface area contributed by atoms with Gasteiger partial charge in [0.25, 0.3) is 0 Å². The van der Waals surface area contributed by atoms with Gasteiger partial charge >= 0.3 is 12.1 Å². The van der Waals surface area contributed by atoms with E-state index in [1.54, 1.807) is 20.8 Å². The molecule has 1 rings (SSSR count). The molecule has 0 aliphatic heterocycles. The van der Waals surface area contributed by atoms with Gasteiger partial charge in [-0.2, -0.15) is 0 Å². The molecule has 0 heterocycles. The third kappa shape index (κ3) is 6.46. The number of carbonyl (C=O) groups excluding carboxylic acids is 2. The van der Waals surface area contributed by atoms with Crippen molar-refractivity contribution in [1.82, 2.24) is 10.6 Å². The molecule has 3 N–H and O–H groups in total. The van der Waals surface area contributed by atoms with Gasteiger partial charge in [0.2, 0.25) is 5.91 Å². The lowest BCUT2D eigenvalue weighted by Gasteiger charge is -2.20. The van der Waals surface area contributed by atoms with E-state index in [-0.39, 0.29) is 24.9 Å². The number of alkyl carbamates (subject to hydrolysis) is 1. The molecule has 3 unspecified atom stereocenters. The Morgan fingerprint density at radius 1 is 1.09 bits per heavy atom. The average Bonchev–Trinajstić information content (AvgIpc) is 2.86. The molecule has 7 heteroatoms. The Balaban J connectivity index is 2.36. The van der Waals surface area contributed by atoms with Crippen LogP contribution in [0.5, 0.6) is 0 Å². The number of carboxylic acid groups (broad SMARTS) is 1. The molecule has 1 aliphatic rings. The summed E-state index contributed by atoms with van der Waals surface area (Å²) in [5.41, 5.74) is -0.568. The lowest BCUT2D eigenvalue weighted by Crippen LogP contribution is -2.41. The quantitative estimate of drug-likeness (QED) is 0.645. The standard InChI is InChI=1S/C16H28N2O5/c1-5-10-8-11(12(9-10)14(20)21)13(19)17-6-7-18-15(22)23-16(2,3)4/h10-12H,5-9H2,1-4H3,(H,17,19)(H,18,22)(H,20,21). The van der Waals surface area contributed by atoms with Crippen LogP contribution < -0.4 is 10.6 Å². The number of hydrogen-bond acceptors (Lipinski definition) is 4. The van der Waals surface area contributed by atoms with Crippen LogP contribution in [-0.4, -0.2) is 41.8 Å². The zero-order valence-electron chi connectivity index (χ0n) is 14.3. The first-order valence-electron chi connectivity index (χ1n) is 8.11. The first-order chi connectivity index (χ1) is 10.6. The lowest BCUT2D eigenvalue weighted by molar-refractivity contribution is -0.146. The third-order valence-corrected chi connectivity index (χ3v) is 3.98. The highest BCUT2D eigenvalue weighted by Gasteiger charge is 2.41. The van der Waals surface area contributed by atoms with Crippen LogP contribution in [0.2, 0.25) is 0 Å². The van der Waals surface area contributed by atoms with Crippen molar-refractivity contribution in [3.05, 3.63) is 0 Å². The summed E-state index contributed by atoms with van der Waals surface area (Å²) in [6, 6.07) is 0. The number of carboxylic acids is 1. The lowest BCUT2D eigenvalue weighted by atomic mass is 9.95. The predicted molar refractivity (Wildman–Crippen MR) is 84.9 cm³/mol. The number of aliphatic carboxylic acids is 1. The van der Waals surface area contributed by atoms with Crippen LogP contribution in [0.1, 0.15) is 47.0 Å². The molecule has 0 spiro atoms. The van der Waals surface area contributed by atoms with E-state index in [2.05, 4.69) is 10.6 Å². The van der Waals surface area contributed by atoms with Gasteiger partial charge in [0.1, 0.15) is 5.60 Å². The molecule has 1 saturated carbocycles. The van der Waals surface area contributed by atoms with Gasteiger partial charge in [0.15, 0.2) is 0 Å². The minimum Gasteiger partial charge on any atom is -0.481 e. The summed E-state index contributed by atoms with van der Waals surface area (Å²) in [5, 5.41) is 14.5. The molecule has 132 valence electrons. The molecular formula is C16H28N2O5. The molecule has 0 aromatic heterocycles. The third-order valence-electron chi connectivity index (χ3n) is 3.98. The van der Waals surface area contributed by atoms with Gasteiger partial charge < -0.3 is 20.5 Å². The Bertz CT molecular complexity index is 444. The fourth-order valence-electron chi connectivity index (χ4n) is 2.83. The topological polar surface area (TPSA) is 105 Å². The molecule has 0 aromatic rings. The van der Waals surface area contributed by atoms with Crippen molar-refractivity contribution in [2.45, 2.75) is 52.6 Å². The predicted octanol–water partition coefficient (Wildman–Crippen LogP) is 1.76. The maximum atomic E-state index is 12.2. The molecule has 0 bridgehead atoms. The van der Waals surface area contributed by atoms with E-state index >= 15 is 0 Å². The maximum Gasteiger partial charge on any atom is 0.407 e. The summed E-state index contributed by atoms with van der Waals surface area (Å²) in [7, 11) is 0. The molecule has 0 saturated heterocycles. The van der Waals surface area contributed by atoms with Gasteiger partial charge in [-0.3, -0.25) is 9.59 Å². The van der Waals surface area contributed by atoms with Crippen molar-refractivity contribution in [2.75, 3.05) is 13.1 Å². The number of amides is 2. The molecule has 1 fully saturated rings. The van der Waals surface area contributed by atoms with Crippen molar-refractivity contribution in [2.24, 2.45) is 17.8 Å². The maximum absolute atomic E-state index is 12.2. The smallest absolute Gasteiger partial charge is 0.407 e. The number of rotatable bonds is 6. The van der Waals surface area contributed by atoms with Crippen molar-refractivity contribution >= 4 is 18.0 Å². The van der Waals surface area contributed by atoms with Crippen molar-refractivity contribution in [3.8, 4) is 0 Å². The number of hydrogen-bond donors (Lipinski definition) is 3. The monoisotopic (exact) mass is 328 g/mol. The van der Waals surface area contributed by atoms with Crippen LogP contribution in [0, 0.1) is 17.8 Å².